The largest absolute Gasteiger partial charge is 0.456 e. The van der Waals surface area contributed by atoms with E-state index >= 15 is 0 Å². The van der Waals surface area contributed by atoms with Gasteiger partial charge < -0.3 is 8.83 Å². The summed E-state index contributed by atoms with van der Waals surface area (Å²) >= 11 is 1.78. The molecule has 326 valence electrons. The predicted molar refractivity (Wildman–Crippen MR) is 286 cm³/mol. The average Bonchev–Trinajstić information content (AvgIpc) is 4.19. The third-order valence-corrected chi connectivity index (χ3v) is 15.6. The lowest BCUT2D eigenvalue weighted by atomic mass is 9.67. The molecule has 0 unspecified atom stereocenters. The highest BCUT2D eigenvalue weighted by Gasteiger charge is 2.46. The topological polar surface area (TPSA) is 65.0 Å². The zero-order valence-corrected chi connectivity index (χ0v) is 38.2. The normalized spacial score (nSPS) is 13.0. The third-order valence-electron chi connectivity index (χ3n) is 14.4. The van der Waals surface area contributed by atoms with E-state index in [9.17, 15) is 0 Å². The molecule has 6 heteroatoms. The van der Waals surface area contributed by atoms with Gasteiger partial charge in [0.1, 0.15) is 22.3 Å². The molecule has 10 aromatic carbocycles. The Morgan fingerprint density at radius 2 is 0.800 bits per heavy atom. The van der Waals surface area contributed by atoms with E-state index in [4.69, 9.17) is 23.8 Å². The van der Waals surface area contributed by atoms with E-state index in [1.807, 2.05) is 42.5 Å². The molecule has 0 aliphatic heterocycles. The van der Waals surface area contributed by atoms with E-state index in [0.717, 1.165) is 77.1 Å². The molecule has 0 atom stereocenters. The summed E-state index contributed by atoms with van der Waals surface area (Å²) in [5, 5.41) is 6.24. The van der Waals surface area contributed by atoms with Gasteiger partial charge in [0, 0.05) is 58.4 Å². The molecule has 0 amide bonds. The number of furan rings is 2. The molecule has 0 spiro atoms. The summed E-state index contributed by atoms with van der Waals surface area (Å²) in [5.41, 5.74) is 15.1. The van der Waals surface area contributed by atoms with Gasteiger partial charge in [-0.15, -0.1) is 11.3 Å². The minimum Gasteiger partial charge on any atom is -0.456 e. The van der Waals surface area contributed by atoms with E-state index in [2.05, 4.69) is 182 Å². The Morgan fingerprint density at radius 1 is 0.314 bits per heavy atom. The fourth-order valence-electron chi connectivity index (χ4n) is 11.5. The van der Waals surface area contributed by atoms with Crippen LogP contribution in [-0.4, -0.2) is 15.0 Å². The summed E-state index contributed by atoms with van der Waals surface area (Å²) in [6.45, 7) is 0. The lowest BCUT2D eigenvalue weighted by Crippen LogP contribution is -2.28. The van der Waals surface area contributed by atoms with E-state index in [1.165, 1.54) is 48.2 Å². The summed E-state index contributed by atoms with van der Waals surface area (Å²) in [4.78, 5) is 16.2. The molecule has 0 saturated carbocycles. The molecule has 0 bridgehead atoms. The first-order valence-electron chi connectivity index (χ1n) is 23.6. The number of thiophene rings is 1. The van der Waals surface area contributed by atoms with Crippen LogP contribution in [0.3, 0.4) is 0 Å². The lowest BCUT2D eigenvalue weighted by molar-refractivity contribution is 0.668. The van der Waals surface area contributed by atoms with Crippen molar-refractivity contribution < 1.29 is 8.83 Å². The van der Waals surface area contributed by atoms with Crippen LogP contribution in [0.2, 0.25) is 0 Å². The molecule has 5 nitrogen and oxygen atoms in total. The summed E-state index contributed by atoms with van der Waals surface area (Å²) in [5.74, 6) is 1.73. The maximum Gasteiger partial charge on any atom is 0.164 e. The Bertz CT molecular complexity index is 4260. The van der Waals surface area contributed by atoms with Gasteiger partial charge in [0.05, 0.1) is 5.41 Å². The van der Waals surface area contributed by atoms with Gasteiger partial charge in [-0.05, 0) is 93.0 Å². The van der Waals surface area contributed by atoms with Crippen LogP contribution in [0.25, 0.3) is 120 Å². The van der Waals surface area contributed by atoms with Gasteiger partial charge in [0.15, 0.2) is 17.5 Å². The van der Waals surface area contributed by atoms with Gasteiger partial charge in [-0.25, -0.2) is 15.0 Å². The van der Waals surface area contributed by atoms with Crippen molar-refractivity contribution in [1.29, 1.82) is 0 Å². The molecule has 0 N–H and O–H groups in total. The van der Waals surface area contributed by atoms with E-state index in [1.54, 1.807) is 11.3 Å². The number of nitrogens with zero attached hydrogens (tertiary/aromatic N) is 3. The van der Waals surface area contributed by atoms with E-state index in [0.29, 0.717) is 17.5 Å². The molecule has 0 saturated heterocycles. The van der Waals surface area contributed by atoms with Crippen molar-refractivity contribution in [2.24, 2.45) is 0 Å². The first-order chi connectivity index (χ1) is 34.7. The van der Waals surface area contributed by atoms with Crippen LogP contribution in [-0.2, 0) is 5.41 Å². The fourth-order valence-corrected chi connectivity index (χ4v) is 12.6. The van der Waals surface area contributed by atoms with Crippen LogP contribution in [0.5, 0.6) is 0 Å². The summed E-state index contributed by atoms with van der Waals surface area (Å²) < 4.78 is 15.5. The Kier molecular flexibility index (Phi) is 8.38. The van der Waals surface area contributed by atoms with E-state index < -0.39 is 5.41 Å². The fraction of sp³-hybridized carbons (Fsp3) is 0.0156. The van der Waals surface area contributed by atoms with Gasteiger partial charge in [-0.3, -0.25) is 0 Å². The lowest BCUT2D eigenvalue weighted by Gasteiger charge is -2.34. The SMILES string of the molecule is c1ccc(C2(c3ccccc3)c3ccccc3-c3ccc(-c4ccc5oc6cccc(-c7nc(-c8cccc9oc%10ccccc%10c89)nc(-c8cccc9sc%10ccccc%10c89)n7)c6c5c4)cc32)cc1. The van der Waals surface area contributed by atoms with Crippen molar-refractivity contribution in [1.82, 2.24) is 15.0 Å². The smallest absolute Gasteiger partial charge is 0.164 e. The molecule has 4 heterocycles. The standard InChI is InChI=1S/C64H37N3O2S/c1-3-16-40(17-4-1)64(41-18-5-2-6-19-41)50-26-10-7-20-42(50)43-34-32-39(37-51(43)64)38-33-35-53-49(36-38)59-47(24-14-29-55(59)69-53)62-65-61(46-23-13-28-54-58(46)44-21-8-11-27-52(44)68-54)66-63(67-62)48-25-15-31-57-60(48)45-22-9-12-30-56(45)70-57/h1-37H. The molecule has 15 rings (SSSR count). The number of rotatable bonds is 6. The van der Waals surface area contributed by atoms with Crippen molar-refractivity contribution >= 4 is 75.4 Å². The molecular weight excluding hydrogens is 875 g/mol. The zero-order chi connectivity index (χ0) is 45.9. The number of benzene rings is 10. The van der Waals surface area contributed by atoms with Gasteiger partial charge >= 0.3 is 0 Å². The highest BCUT2D eigenvalue weighted by molar-refractivity contribution is 7.25. The molecule has 0 fully saturated rings. The second-order valence-electron chi connectivity index (χ2n) is 18.1. The zero-order valence-electron chi connectivity index (χ0n) is 37.4. The molecule has 70 heavy (non-hydrogen) atoms. The molecule has 4 aromatic heterocycles. The average molecular weight is 912 g/mol. The van der Waals surface area contributed by atoms with Gasteiger partial charge in [0.25, 0.3) is 0 Å². The van der Waals surface area contributed by atoms with Crippen molar-refractivity contribution in [3.63, 3.8) is 0 Å². The highest BCUT2D eigenvalue weighted by atomic mass is 32.1. The van der Waals surface area contributed by atoms with Crippen molar-refractivity contribution in [2.75, 3.05) is 0 Å². The van der Waals surface area contributed by atoms with Crippen LogP contribution >= 0.6 is 11.3 Å². The summed E-state index contributed by atoms with van der Waals surface area (Å²) in [6.07, 6.45) is 0. The second kappa shape index (κ2) is 15.0. The maximum absolute atomic E-state index is 6.71. The third kappa shape index (κ3) is 5.62. The van der Waals surface area contributed by atoms with Crippen LogP contribution < -0.4 is 0 Å². The first kappa shape index (κ1) is 39.1. The number of aromatic nitrogens is 3. The van der Waals surface area contributed by atoms with Crippen LogP contribution in [0.1, 0.15) is 22.3 Å². The second-order valence-corrected chi connectivity index (χ2v) is 19.2. The van der Waals surface area contributed by atoms with E-state index in [-0.39, 0.29) is 0 Å². The van der Waals surface area contributed by atoms with Crippen LogP contribution in [0, 0.1) is 0 Å². The minimum atomic E-state index is -0.509. The number of hydrogen-bond donors (Lipinski definition) is 0. The molecule has 0 radical (unpaired) electrons. The van der Waals surface area contributed by atoms with Crippen molar-refractivity contribution in [3.05, 3.63) is 247 Å². The van der Waals surface area contributed by atoms with Gasteiger partial charge in [-0.1, -0.05) is 176 Å². The van der Waals surface area contributed by atoms with Gasteiger partial charge in [0.2, 0.25) is 0 Å². The Balaban J connectivity index is 0.957. The quantitative estimate of drug-likeness (QED) is 0.166. The molecule has 14 aromatic rings. The number of fused-ring (bicyclic) bond motifs is 12. The highest BCUT2D eigenvalue weighted by Crippen LogP contribution is 2.57. The maximum atomic E-state index is 6.71. The summed E-state index contributed by atoms with van der Waals surface area (Å²) in [7, 11) is 0. The van der Waals surface area contributed by atoms with Gasteiger partial charge in [-0.2, -0.15) is 0 Å². The van der Waals surface area contributed by atoms with Crippen LogP contribution in [0.15, 0.2) is 233 Å². The molecule has 1 aliphatic carbocycles. The monoisotopic (exact) mass is 911 g/mol. The van der Waals surface area contributed by atoms with Crippen molar-refractivity contribution in [2.45, 2.75) is 5.41 Å². The Labute approximate surface area is 405 Å². The predicted octanol–water partition coefficient (Wildman–Crippen LogP) is 17.1. The number of hydrogen-bond acceptors (Lipinski definition) is 6. The molecule has 1 aliphatic rings. The first-order valence-corrected chi connectivity index (χ1v) is 24.4. The Morgan fingerprint density at radius 3 is 1.51 bits per heavy atom. The van der Waals surface area contributed by atoms with Crippen LogP contribution in [0.4, 0.5) is 0 Å². The summed E-state index contributed by atoms with van der Waals surface area (Å²) in [6, 6.07) is 79.9. The molecular formula is C64H37N3O2S. The number of para-hydroxylation sites is 1. The van der Waals surface area contributed by atoms with Crippen molar-refractivity contribution in [3.8, 4) is 56.4 Å². The Hall–Kier alpha value is -8.97. The minimum absolute atomic E-state index is 0.509.